The molecular formula is C19H27F6N3O6. The molecule has 2 unspecified atom stereocenters. The van der Waals surface area contributed by atoms with Gasteiger partial charge in [0, 0.05) is 57.6 Å². The Labute approximate surface area is 191 Å². The molecule has 2 saturated heterocycles. The van der Waals surface area contributed by atoms with E-state index in [4.69, 9.17) is 29.3 Å². The molecule has 0 radical (unpaired) electrons. The van der Waals surface area contributed by atoms with Gasteiger partial charge in [-0.1, -0.05) is 0 Å². The van der Waals surface area contributed by atoms with Crippen LogP contribution in [0.15, 0.2) is 12.4 Å². The molecule has 9 nitrogen and oxygen atoms in total. The Morgan fingerprint density at radius 2 is 1.76 bits per heavy atom. The fourth-order valence-electron chi connectivity index (χ4n) is 3.83. The molecule has 2 fully saturated rings. The zero-order chi connectivity index (χ0) is 26.2. The van der Waals surface area contributed by atoms with E-state index in [2.05, 4.69) is 16.2 Å². The predicted molar refractivity (Wildman–Crippen MR) is 104 cm³/mol. The summed E-state index contributed by atoms with van der Waals surface area (Å²) in [6, 6.07) is 0. The lowest BCUT2D eigenvalue weighted by molar-refractivity contribution is -0.193. The number of ether oxygens (including phenoxy) is 2. The average Bonchev–Trinajstić information content (AvgIpc) is 3.12. The molecule has 1 aromatic rings. The van der Waals surface area contributed by atoms with Crippen LogP contribution in [0.25, 0.3) is 0 Å². The summed E-state index contributed by atoms with van der Waals surface area (Å²) < 4.78 is 76.9. The van der Waals surface area contributed by atoms with Crippen molar-refractivity contribution in [1.82, 2.24) is 14.7 Å². The number of rotatable bonds is 4. The minimum atomic E-state index is -5.08. The number of nitrogens with zero attached hydrogens (tertiary/aromatic N) is 3. The molecule has 0 spiro atoms. The summed E-state index contributed by atoms with van der Waals surface area (Å²) in [5, 5.41) is 18.5. The maximum Gasteiger partial charge on any atom is 0.490 e. The number of carboxylic acid groups (broad SMARTS) is 2. The zero-order valence-electron chi connectivity index (χ0n) is 18.5. The maximum atomic E-state index is 10.6. The number of piperidine rings is 1. The molecule has 196 valence electrons. The number of alkyl halides is 6. The van der Waals surface area contributed by atoms with Crippen molar-refractivity contribution in [3.05, 3.63) is 18.0 Å². The first kappa shape index (κ1) is 29.6. The van der Waals surface area contributed by atoms with Crippen LogP contribution in [0, 0.1) is 5.41 Å². The Morgan fingerprint density at radius 1 is 1.21 bits per heavy atom. The summed E-state index contributed by atoms with van der Waals surface area (Å²) in [6.07, 6.45) is -2.24. The molecule has 2 aliphatic rings. The highest BCUT2D eigenvalue weighted by Gasteiger charge is 2.46. The molecule has 2 N–H and O–H groups in total. The minimum Gasteiger partial charge on any atom is -0.475 e. The van der Waals surface area contributed by atoms with Gasteiger partial charge in [-0.3, -0.25) is 9.58 Å². The lowest BCUT2D eigenvalue weighted by atomic mass is 9.73. The number of aryl methyl sites for hydroxylation is 1. The Hall–Kier alpha value is -2.39. The highest BCUT2D eigenvalue weighted by molar-refractivity contribution is 5.73. The molecule has 0 aromatic carbocycles. The summed E-state index contributed by atoms with van der Waals surface area (Å²) in [5.41, 5.74) is 1.48. The van der Waals surface area contributed by atoms with Crippen molar-refractivity contribution in [2.24, 2.45) is 12.5 Å². The number of methoxy groups -OCH3 is 1. The number of likely N-dealkylation sites (tertiary alicyclic amines) is 1. The Kier molecular flexibility index (Phi) is 10.8. The smallest absolute Gasteiger partial charge is 0.475 e. The van der Waals surface area contributed by atoms with Gasteiger partial charge in [0.2, 0.25) is 0 Å². The number of halogens is 6. The molecule has 0 aliphatic carbocycles. The van der Waals surface area contributed by atoms with Gasteiger partial charge < -0.3 is 19.7 Å². The van der Waals surface area contributed by atoms with Gasteiger partial charge in [0.05, 0.1) is 18.9 Å². The molecule has 34 heavy (non-hydrogen) atoms. The standard InChI is InChI=1S/C15H25N3O2.2C2HF3O2/c1-17-9-13(8-16-17)10-18-6-4-14-15(11-18,12-19-2)5-3-7-20-14;2*3-2(4,5)1(6)7/h8-9,14H,3-7,10-12H2,1-2H3;2*(H,6,7). The highest BCUT2D eigenvalue weighted by Crippen LogP contribution is 2.40. The Morgan fingerprint density at radius 3 is 2.21 bits per heavy atom. The van der Waals surface area contributed by atoms with Gasteiger partial charge in [-0.15, -0.1) is 0 Å². The number of carboxylic acids is 2. The van der Waals surface area contributed by atoms with Crippen molar-refractivity contribution >= 4 is 11.9 Å². The van der Waals surface area contributed by atoms with Crippen molar-refractivity contribution in [1.29, 1.82) is 0 Å². The van der Waals surface area contributed by atoms with E-state index in [1.54, 1.807) is 7.11 Å². The number of aromatic nitrogens is 2. The minimum absolute atomic E-state index is 0.188. The van der Waals surface area contributed by atoms with E-state index in [9.17, 15) is 26.3 Å². The average molecular weight is 507 g/mol. The van der Waals surface area contributed by atoms with Crippen LogP contribution >= 0.6 is 0 Å². The van der Waals surface area contributed by atoms with E-state index >= 15 is 0 Å². The first-order chi connectivity index (χ1) is 15.6. The monoisotopic (exact) mass is 507 g/mol. The molecule has 0 saturated carbocycles. The first-order valence-corrected chi connectivity index (χ1v) is 10.0. The summed E-state index contributed by atoms with van der Waals surface area (Å²) in [5.74, 6) is -5.51. The number of hydrogen-bond acceptors (Lipinski definition) is 6. The van der Waals surface area contributed by atoms with Crippen LogP contribution in [0.5, 0.6) is 0 Å². The van der Waals surface area contributed by atoms with Gasteiger partial charge in [-0.2, -0.15) is 31.4 Å². The van der Waals surface area contributed by atoms with Gasteiger partial charge >= 0.3 is 24.3 Å². The summed E-state index contributed by atoms with van der Waals surface area (Å²) in [4.78, 5) is 20.3. The van der Waals surface area contributed by atoms with Crippen molar-refractivity contribution in [3.63, 3.8) is 0 Å². The van der Waals surface area contributed by atoms with E-state index in [1.807, 2.05) is 17.9 Å². The SMILES string of the molecule is COCC12CCCOC1CCN(Cc1cnn(C)c1)C2.O=C(O)C(F)(F)F.O=C(O)C(F)(F)F. The third kappa shape index (κ3) is 9.46. The molecule has 0 amide bonds. The molecule has 3 heterocycles. The van der Waals surface area contributed by atoms with Crippen LogP contribution in [0.3, 0.4) is 0 Å². The highest BCUT2D eigenvalue weighted by atomic mass is 19.4. The largest absolute Gasteiger partial charge is 0.490 e. The number of aliphatic carboxylic acids is 2. The van der Waals surface area contributed by atoms with E-state index in [0.717, 1.165) is 45.7 Å². The molecule has 0 bridgehead atoms. The fraction of sp³-hybridized carbons (Fsp3) is 0.737. The van der Waals surface area contributed by atoms with Crippen LogP contribution < -0.4 is 0 Å². The summed E-state index contributed by atoms with van der Waals surface area (Å²) in [6.45, 7) is 4.87. The van der Waals surface area contributed by atoms with Crippen molar-refractivity contribution in [2.75, 3.05) is 33.4 Å². The summed E-state index contributed by atoms with van der Waals surface area (Å²) >= 11 is 0. The predicted octanol–water partition coefficient (Wildman–Crippen LogP) is 2.70. The van der Waals surface area contributed by atoms with Gasteiger partial charge in [-0.25, -0.2) is 9.59 Å². The third-order valence-electron chi connectivity index (χ3n) is 5.15. The molecule has 1 aromatic heterocycles. The maximum absolute atomic E-state index is 10.6. The third-order valence-corrected chi connectivity index (χ3v) is 5.15. The molecular weight excluding hydrogens is 480 g/mol. The molecule has 15 heteroatoms. The zero-order valence-corrected chi connectivity index (χ0v) is 18.5. The molecule has 2 aliphatic heterocycles. The van der Waals surface area contributed by atoms with E-state index in [-0.39, 0.29) is 5.41 Å². The second kappa shape index (κ2) is 12.4. The van der Waals surface area contributed by atoms with E-state index in [0.29, 0.717) is 6.10 Å². The first-order valence-electron chi connectivity index (χ1n) is 10.0. The molecule has 2 atom stereocenters. The van der Waals surface area contributed by atoms with Gasteiger partial charge in [0.1, 0.15) is 0 Å². The van der Waals surface area contributed by atoms with Crippen molar-refractivity contribution < 1.29 is 55.6 Å². The van der Waals surface area contributed by atoms with Gasteiger partial charge in [-0.05, 0) is 19.3 Å². The summed E-state index contributed by atoms with van der Waals surface area (Å²) in [7, 11) is 3.78. The second-order valence-electron chi connectivity index (χ2n) is 7.89. The van der Waals surface area contributed by atoms with Gasteiger partial charge in [0.25, 0.3) is 0 Å². The van der Waals surface area contributed by atoms with E-state index in [1.165, 1.54) is 12.0 Å². The second-order valence-corrected chi connectivity index (χ2v) is 7.89. The van der Waals surface area contributed by atoms with Crippen LogP contribution in [-0.2, 0) is 32.7 Å². The van der Waals surface area contributed by atoms with E-state index < -0.39 is 24.3 Å². The fourth-order valence-corrected chi connectivity index (χ4v) is 3.83. The lowest BCUT2D eigenvalue weighted by Gasteiger charge is -2.50. The number of fused-ring (bicyclic) bond motifs is 1. The van der Waals surface area contributed by atoms with Crippen molar-refractivity contribution in [2.45, 2.75) is 44.3 Å². The van der Waals surface area contributed by atoms with Crippen LogP contribution in [0.1, 0.15) is 24.8 Å². The topological polar surface area (TPSA) is 114 Å². The number of carbonyl (C=O) groups is 2. The van der Waals surface area contributed by atoms with Gasteiger partial charge in [0.15, 0.2) is 0 Å². The normalized spacial score (nSPS) is 23.0. The lowest BCUT2D eigenvalue weighted by Crippen LogP contribution is -2.56. The van der Waals surface area contributed by atoms with Crippen LogP contribution in [-0.4, -0.2) is 88.7 Å². The molecule has 3 rings (SSSR count). The number of hydrogen-bond donors (Lipinski definition) is 2. The Balaban J connectivity index is 0.000000343. The quantitative estimate of drug-likeness (QED) is 0.599. The van der Waals surface area contributed by atoms with Crippen molar-refractivity contribution in [3.8, 4) is 0 Å². The van der Waals surface area contributed by atoms with Crippen LogP contribution in [0.2, 0.25) is 0 Å². The Bertz CT molecular complexity index is 772. The van der Waals surface area contributed by atoms with Crippen LogP contribution in [0.4, 0.5) is 26.3 Å².